The summed E-state index contributed by atoms with van der Waals surface area (Å²) in [7, 11) is 0. The quantitative estimate of drug-likeness (QED) is 0.617. The molecule has 0 heterocycles. The van der Waals surface area contributed by atoms with Crippen molar-refractivity contribution >= 4 is 21.6 Å². The van der Waals surface area contributed by atoms with Crippen molar-refractivity contribution in [2.45, 2.75) is 24.7 Å². The van der Waals surface area contributed by atoms with Crippen LogP contribution in [0.5, 0.6) is 0 Å². The minimum absolute atomic E-state index is 0.0332. The van der Waals surface area contributed by atoms with Crippen LogP contribution in [0.2, 0.25) is 0 Å². The molecule has 0 bridgehead atoms. The van der Waals surface area contributed by atoms with Gasteiger partial charge in [0, 0.05) is 16.6 Å². The predicted molar refractivity (Wildman–Crippen MR) is 61.9 cm³/mol. The molecule has 0 saturated heterocycles. The molecule has 1 fully saturated rings. The third-order valence-electron chi connectivity index (χ3n) is 3.07. The van der Waals surface area contributed by atoms with E-state index in [1.807, 2.05) is 0 Å². The van der Waals surface area contributed by atoms with Gasteiger partial charge < -0.3 is 0 Å². The van der Waals surface area contributed by atoms with Crippen LogP contribution in [-0.2, 0) is 5.41 Å². The Balaban J connectivity index is 2.49. The Hall–Kier alpha value is -1.41. The van der Waals surface area contributed by atoms with Gasteiger partial charge in [0.1, 0.15) is 0 Å². The lowest BCUT2D eigenvalue weighted by Crippen LogP contribution is -2.32. The molecular formula is C11H9BrN2O2. The Bertz CT molecular complexity index is 489. The predicted octanol–water partition coefficient (Wildman–Crippen LogP) is 3.30. The molecule has 0 radical (unpaired) electrons. The zero-order valence-electron chi connectivity index (χ0n) is 8.44. The highest BCUT2D eigenvalue weighted by atomic mass is 79.9. The summed E-state index contributed by atoms with van der Waals surface area (Å²) in [6.45, 7) is 0. The number of nitriles is 1. The molecule has 0 spiro atoms. The van der Waals surface area contributed by atoms with Crippen LogP contribution in [0.4, 0.5) is 5.69 Å². The van der Waals surface area contributed by atoms with Crippen LogP contribution in [0.3, 0.4) is 0 Å². The van der Waals surface area contributed by atoms with Gasteiger partial charge >= 0.3 is 0 Å². The van der Waals surface area contributed by atoms with E-state index in [9.17, 15) is 15.4 Å². The zero-order chi connectivity index (χ0) is 11.8. The smallest absolute Gasteiger partial charge is 0.258 e. The van der Waals surface area contributed by atoms with Crippen LogP contribution in [0.1, 0.15) is 24.8 Å². The largest absolute Gasteiger partial charge is 0.270 e. The second-order valence-corrected chi connectivity index (χ2v) is 4.92. The van der Waals surface area contributed by atoms with E-state index in [-0.39, 0.29) is 5.69 Å². The third kappa shape index (κ3) is 1.69. The fourth-order valence-corrected chi connectivity index (χ4v) is 2.43. The molecule has 0 unspecified atom stereocenters. The van der Waals surface area contributed by atoms with E-state index in [1.54, 1.807) is 6.07 Å². The van der Waals surface area contributed by atoms with Crippen LogP contribution in [-0.4, -0.2) is 4.92 Å². The number of nitro groups is 1. The van der Waals surface area contributed by atoms with Gasteiger partial charge in [0.05, 0.1) is 16.4 Å². The second-order valence-electron chi connectivity index (χ2n) is 4.00. The fraction of sp³-hybridized carbons (Fsp3) is 0.364. The Morgan fingerprint density at radius 1 is 1.44 bits per heavy atom. The van der Waals surface area contributed by atoms with Crippen LogP contribution in [0.25, 0.3) is 0 Å². The molecule has 0 atom stereocenters. The molecule has 0 aliphatic heterocycles. The van der Waals surface area contributed by atoms with Gasteiger partial charge in [0.25, 0.3) is 5.69 Å². The number of nitro benzene ring substituents is 1. The van der Waals surface area contributed by atoms with Gasteiger partial charge in [-0.15, -0.1) is 0 Å². The minimum atomic E-state index is -0.505. The summed E-state index contributed by atoms with van der Waals surface area (Å²) in [4.78, 5) is 10.3. The van der Waals surface area contributed by atoms with Gasteiger partial charge in [-0.05, 0) is 30.9 Å². The summed E-state index contributed by atoms with van der Waals surface area (Å²) in [5, 5.41) is 19.9. The molecule has 1 aliphatic rings. The third-order valence-corrected chi connectivity index (χ3v) is 3.52. The highest BCUT2D eigenvalue weighted by Crippen LogP contribution is 2.44. The molecule has 5 heteroatoms. The first-order valence-electron chi connectivity index (χ1n) is 4.94. The first kappa shape index (κ1) is 11.1. The Morgan fingerprint density at radius 2 is 2.12 bits per heavy atom. The van der Waals surface area contributed by atoms with Crippen molar-refractivity contribution in [1.29, 1.82) is 5.26 Å². The number of hydrogen-bond donors (Lipinski definition) is 0. The zero-order valence-corrected chi connectivity index (χ0v) is 10.0. The van der Waals surface area contributed by atoms with Crippen molar-refractivity contribution in [2.24, 2.45) is 0 Å². The van der Waals surface area contributed by atoms with Gasteiger partial charge in [-0.25, -0.2) is 0 Å². The number of nitrogens with zero attached hydrogens (tertiary/aromatic N) is 2. The Labute approximate surface area is 101 Å². The standard InChI is InChI=1S/C11H9BrN2O2/c12-9-4-8(5-10(6-9)14(15)16)11(7-13)2-1-3-11/h4-6H,1-3H2. The van der Waals surface area contributed by atoms with Gasteiger partial charge in [0.2, 0.25) is 0 Å². The molecular weight excluding hydrogens is 272 g/mol. The monoisotopic (exact) mass is 280 g/mol. The van der Waals surface area contributed by atoms with Crippen molar-refractivity contribution in [3.63, 3.8) is 0 Å². The molecule has 1 saturated carbocycles. The highest BCUT2D eigenvalue weighted by Gasteiger charge is 2.39. The van der Waals surface area contributed by atoms with Crippen molar-refractivity contribution in [3.05, 3.63) is 38.3 Å². The lowest BCUT2D eigenvalue weighted by molar-refractivity contribution is -0.385. The first-order chi connectivity index (χ1) is 7.57. The van der Waals surface area contributed by atoms with E-state index >= 15 is 0 Å². The number of hydrogen-bond acceptors (Lipinski definition) is 3. The Morgan fingerprint density at radius 3 is 2.56 bits per heavy atom. The number of rotatable bonds is 2. The number of non-ortho nitro benzene ring substituents is 1. The second kappa shape index (κ2) is 3.87. The minimum Gasteiger partial charge on any atom is -0.258 e. The molecule has 0 aromatic heterocycles. The highest BCUT2D eigenvalue weighted by molar-refractivity contribution is 9.10. The maximum Gasteiger partial charge on any atom is 0.270 e. The van der Waals surface area contributed by atoms with Crippen molar-refractivity contribution in [3.8, 4) is 6.07 Å². The van der Waals surface area contributed by atoms with Gasteiger partial charge in [-0.3, -0.25) is 10.1 Å². The van der Waals surface area contributed by atoms with Crippen molar-refractivity contribution < 1.29 is 4.92 Å². The van der Waals surface area contributed by atoms with E-state index in [4.69, 9.17) is 0 Å². The van der Waals surface area contributed by atoms with E-state index < -0.39 is 10.3 Å². The van der Waals surface area contributed by atoms with Gasteiger partial charge in [-0.2, -0.15) is 5.26 Å². The van der Waals surface area contributed by atoms with Crippen LogP contribution in [0.15, 0.2) is 22.7 Å². The average Bonchev–Trinajstić information content (AvgIpc) is 2.16. The molecule has 1 aromatic rings. The summed E-state index contributed by atoms with van der Waals surface area (Å²) >= 11 is 3.24. The molecule has 16 heavy (non-hydrogen) atoms. The maximum atomic E-state index is 10.7. The Kier molecular flexibility index (Phi) is 2.68. The van der Waals surface area contributed by atoms with Crippen LogP contribution < -0.4 is 0 Å². The average molecular weight is 281 g/mol. The van der Waals surface area contributed by atoms with Gasteiger partial charge in [0.15, 0.2) is 0 Å². The number of halogens is 1. The van der Waals surface area contributed by atoms with E-state index in [0.717, 1.165) is 24.8 Å². The van der Waals surface area contributed by atoms with Crippen molar-refractivity contribution in [1.82, 2.24) is 0 Å². The summed E-state index contributed by atoms with van der Waals surface area (Å²) in [6, 6.07) is 7.04. The molecule has 82 valence electrons. The summed E-state index contributed by atoms with van der Waals surface area (Å²) < 4.78 is 0.651. The topological polar surface area (TPSA) is 66.9 Å². The molecule has 1 aliphatic carbocycles. The van der Waals surface area contributed by atoms with Crippen LogP contribution in [0, 0.1) is 21.4 Å². The maximum absolute atomic E-state index is 10.7. The SMILES string of the molecule is N#CC1(c2cc(Br)cc([N+](=O)[O-])c2)CCC1. The summed E-state index contributed by atoms with van der Waals surface area (Å²) in [6.07, 6.45) is 2.59. The van der Waals surface area contributed by atoms with Crippen LogP contribution >= 0.6 is 15.9 Å². The van der Waals surface area contributed by atoms with E-state index in [1.165, 1.54) is 12.1 Å². The lowest BCUT2D eigenvalue weighted by Gasteiger charge is -2.35. The molecule has 0 amide bonds. The fourth-order valence-electron chi connectivity index (χ4n) is 1.95. The molecule has 4 nitrogen and oxygen atoms in total. The summed E-state index contributed by atoms with van der Waals surface area (Å²) in [5.41, 5.74) is 0.280. The summed E-state index contributed by atoms with van der Waals surface area (Å²) in [5.74, 6) is 0. The molecule has 0 N–H and O–H groups in total. The van der Waals surface area contributed by atoms with E-state index in [2.05, 4.69) is 22.0 Å². The normalized spacial score (nSPS) is 17.2. The van der Waals surface area contributed by atoms with Crippen molar-refractivity contribution in [2.75, 3.05) is 0 Å². The molecule has 1 aromatic carbocycles. The number of benzene rings is 1. The van der Waals surface area contributed by atoms with Gasteiger partial charge in [-0.1, -0.05) is 15.9 Å². The molecule has 2 rings (SSSR count). The van der Waals surface area contributed by atoms with E-state index in [0.29, 0.717) is 4.47 Å². The first-order valence-corrected chi connectivity index (χ1v) is 5.73. The lowest BCUT2D eigenvalue weighted by atomic mass is 9.65.